The minimum atomic E-state index is -0.350. The maximum absolute atomic E-state index is 13.5. The molecule has 4 nitrogen and oxygen atoms in total. The Morgan fingerprint density at radius 1 is 1.44 bits per heavy atom. The van der Waals surface area contributed by atoms with Crippen LogP contribution in [-0.2, 0) is 13.1 Å². The van der Waals surface area contributed by atoms with Gasteiger partial charge in [0.1, 0.15) is 5.82 Å². The van der Waals surface area contributed by atoms with Crippen molar-refractivity contribution in [1.82, 2.24) is 15.0 Å². The molecule has 0 saturated carbocycles. The molecule has 0 atom stereocenters. The van der Waals surface area contributed by atoms with Crippen molar-refractivity contribution in [2.24, 2.45) is 5.73 Å². The molecule has 1 aromatic carbocycles. The molecule has 0 radical (unpaired) electrons. The SMILES string of the molecule is NCc1cn(Cc2c(F)cccc2Cl)nn1. The van der Waals surface area contributed by atoms with E-state index in [1.165, 1.54) is 10.7 Å². The van der Waals surface area contributed by atoms with Crippen LogP contribution in [0.3, 0.4) is 0 Å². The van der Waals surface area contributed by atoms with Crippen LogP contribution in [0.5, 0.6) is 0 Å². The van der Waals surface area contributed by atoms with E-state index in [1.807, 2.05) is 0 Å². The summed E-state index contributed by atoms with van der Waals surface area (Å²) in [6.45, 7) is 0.559. The lowest BCUT2D eigenvalue weighted by molar-refractivity contribution is 0.577. The van der Waals surface area contributed by atoms with Crippen LogP contribution in [0.15, 0.2) is 24.4 Å². The van der Waals surface area contributed by atoms with Gasteiger partial charge in [0.15, 0.2) is 0 Å². The van der Waals surface area contributed by atoms with Crippen LogP contribution >= 0.6 is 11.6 Å². The van der Waals surface area contributed by atoms with Gasteiger partial charge in [0, 0.05) is 17.1 Å². The van der Waals surface area contributed by atoms with Crippen LogP contribution in [0.1, 0.15) is 11.3 Å². The number of nitrogens with two attached hydrogens (primary N) is 1. The van der Waals surface area contributed by atoms with Crippen LogP contribution in [0.2, 0.25) is 5.02 Å². The average molecular weight is 241 g/mol. The van der Waals surface area contributed by atoms with Gasteiger partial charge >= 0.3 is 0 Å². The van der Waals surface area contributed by atoms with E-state index in [1.54, 1.807) is 18.3 Å². The minimum absolute atomic E-state index is 0.249. The van der Waals surface area contributed by atoms with Crippen LogP contribution in [-0.4, -0.2) is 15.0 Å². The molecule has 2 rings (SSSR count). The minimum Gasteiger partial charge on any atom is -0.325 e. The molecule has 1 aromatic heterocycles. The third-order valence-corrected chi connectivity index (χ3v) is 2.53. The summed E-state index contributed by atoms with van der Waals surface area (Å²) in [6, 6.07) is 4.57. The highest BCUT2D eigenvalue weighted by molar-refractivity contribution is 6.31. The first-order chi connectivity index (χ1) is 7.70. The summed E-state index contributed by atoms with van der Waals surface area (Å²) in [7, 11) is 0. The fraction of sp³-hybridized carbons (Fsp3) is 0.200. The Bertz CT molecular complexity index is 477. The summed E-state index contributed by atoms with van der Waals surface area (Å²) in [4.78, 5) is 0. The Morgan fingerprint density at radius 2 is 2.25 bits per heavy atom. The van der Waals surface area contributed by atoms with Gasteiger partial charge in [0.2, 0.25) is 0 Å². The van der Waals surface area contributed by atoms with Gasteiger partial charge in [-0.15, -0.1) is 5.10 Å². The van der Waals surface area contributed by atoms with Crippen LogP contribution < -0.4 is 5.73 Å². The molecule has 0 fully saturated rings. The van der Waals surface area contributed by atoms with Crippen molar-refractivity contribution in [3.05, 3.63) is 46.5 Å². The zero-order chi connectivity index (χ0) is 11.5. The van der Waals surface area contributed by atoms with E-state index in [9.17, 15) is 4.39 Å². The van der Waals surface area contributed by atoms with Crippen molar-refractivity contribution >= 4 is 11.6 Å². The molecule has 2 aromatic rings. The summed E-state index contributed by atoms with van der Waals surface area (Å²) in [5.74, 6) is -0.350. The van der Waals surface area contributed by atoms with Crippen LogP contribution in [0.25, 0.3) is 0 Å². The highest BCUT2D eigenvalue weighted by Gasteiger charge is 2.08. The fourth-order valence-corrected chi connectivity index (χ4v) is 1.58. The Morgan fingerprint density at radius 3 is 2.88 bits per heavy atom. The smallest absolute Gasteiger partial charge is 0.129 e. The Kier molecular flexibility index (Phi) is 3.17. The second-order valence-electron chi connectivity index (χ2n) is 3.31. The highest BCUT2D eigenvalue weighted by Crippen LogP contribution is 2.19. The molecular weight excluding hydrogens is 231 g/mol. The lowest BCUT2D eigenvalue weighted by atomic mass is 10.2. The van der Waals surface area contributed by atoms with Crippen molar-refractivity contribution in [3.63, 3.8) is 0 Å². The first-order valence-electron chi connectivity index (χ1n) is 4.72. The zero-order valence-corrected chi connectivity index (χ0v) is 9.15. The number of hydrogen-bond acceptors (Lipinski definition) is 3. The summed E-state index contributed by atoms with van der Waals surface area (Å²) in [5.41, 5.74) is 6.46. The van der Waals surface area contributed by atoms with E-state index < -0.39 is 0 Å². The first kappa shape index (κ1) is 11.0. The number of aromatic nitrogens is 3. The van der Waals surface area contributed by atoms with Gasteiger partial charge in [-0.25, -0.2) is 9.07 Å². The van der Waals surface area contributed by atoms with E-state index in [2.05, 4.69) is 10.3 Å². The second kappa shape index (κ2) is 4.59. The maximum Gasteiger partial charge on any atom is 0.129 e. The molecule has 0 amide bonds. The van der Waals surface area contributed by atoms with Crippen molar-refractivity contribution in [2.45, 2.75) is 13.1 Å². The van der Waals surface area contributed by atoms with Gasteiger partial charge < -0.3 is 5.73 Å². The molecule has 2 N–H and O–H groups in total. The van der Waals surface area contributed by atoms with Crippen LogP contribution in [0, 0.1) is 5.82 Å². The normalized spacial score (nSPS) is 10.7. The van der Waals surface area contributed by atoms with Gasteiger partial charge in [0.05, 0.1) is 18.4 Å². The molecule has 0 spiro atoms. The lowest BCUT2D eigenvalue weighted by Gasteiger charge is -2.04. The average Bonchev–Trinajstić information content (AvgIpc) is 2.71. The topological polar surface area (TPSA) is 56.7 Å². The van der Waals surface area contributed by atoms with Gasteiger partial charge in [-0.1, -0.05) is 22.9 Å². The van der Waals surface area contributed by atoms with Crippen molar-refractivity contribution in [2.75, 3.05) is 0 Å². The van der Waals surface area contributed by atoms with E-state index in [0.717, 1.165) is 0 Å². The summed E-state index contributed by atoms with van der Waals surface area (Å²) in [6.07, 6.45) is 1.67. The number of hydrogen-bond donors (Lipinski definition) is 1. The number of halogens is 2. The van der Waals surface area contributed by atoms with E-state index >= 15 is 0 Å². The predicted molar refractivity (Wildman–Crippen MR) is 58.4 cm³/mol. The molecule has 0 aliphatic carbocycles. The van der Waals surface area contributed by atoms with Crippen molar-refractivity contribution in [1.29, 1.82) is 0 Å². The van der Waals surface area contributed by atoms with Gasteiger partial charge in [0.25, 0.3) is 0 Å². The Balaban J connectivity index is 2.26. The summed E-state index contributed by atoms with van der Waals surface area (Å²) >= 11 is 5.89. The predicted octanol–water partition coefficient (Wildman–Crippen LogP) is 1.58. The van der Waals surface area contributed by atoms with Crippen molar-refractivity contribution < 1.29 is 4.39 Å². The standard InChI is InChI=1S/C10H10ClFN4/c11-9-2-1-3-10(12)8(9)6-16-5-7(4-13)14-15-16/h1-3,5H,4,6,13H2. The Hall–Kier alpha value is -1.46. The monoisotopic (exact) mass is 240 g/mol. The third-order valence-electron chi connectivity index (χ3n) is 2.18. The molecule has 0 unspecified atom stereocenters. The lowest BCUT2D eigenvalue weighted by Crippen LogP contribution is -2.03. The fourth-order valence-electron chi connectivity index (χ4n) is 1.35. The molecule has 1 heterocycles. The van der Waals surface area contributed by atoms with E-state index in [4.69, 9.17) is 17.3 Å². The van der Waals surface area contributed by atoms with E-state index in [-0.39, 0.29) is 12.4 Å². The van der Waals surface area contributed by atoms with Crippen LogP contribution in [0.4, 0.5) is 4.39 Å². The van der Waals surface area contributed by atoms with E-state index in [0.29, 0.717) is 22.8 Å². The van der Waals surface area contributed by atoms with Gasteiger partial charge in [-0.3, -0.25) is 0 Å². The van der Waals surface area contributed by atoms with Crippen molar-refractivity contribution in [3.8, 4) is 0 Å². The quantitative estimate of drug-likeness (QED) is 0.886. The zero-order valence-electron chi connectivity index (χ0n) is 8.40. The van der Waals surface area contributed by atoms with Gasteiger partial charge in [-0.2, -0.15) is 0 Å². The first-order valence-corrected chi connectivity index (χ1v) is 5.10. The molecular formula is C10H10ClFN4. The molecule has 0 aliphatic heterocycles. The summed E-state index contributed by atoms with van der Waals surface area (Å²) in [5, 5.41) is 8.02. The third kappa shape index (κ3) is 2.20. The maximum atomic E-state index is 13.5. The number of rotatable bonds is 3. The molecule has 0 saturated heterocycles. The molecule has 6 heteroatoms. The molecule has 84 valence electrons. The van der Waals surface area contributed by atoms with Gasteiger partial charge in [-0.05, 0) is 12.1 Å². The largest absolute Gasteiger partial charge is 0.325 e. The summed E-state index contributed by atoms with van der Waals surface area (Å²) < 4.78 is 15.0. The number of benzene rings is 1. The molecule has 0 aliphatic rings. The Labute approximate surface area is 96.8 Å². The second-order valence-corrected chi connectivity index (χ2v) is 3.72. The molecule has 16 heavy (non-hydrogen) atoms. The highest BCUT2D eigenvalue weighted by atomic mass is 35.5. The number of nitrogens with zero attached hydrogens (tertiary/aromatic N) is 3. The molecule has 0 bridgehead atoms.